The van der Waals surface area contributed by atoms with E-state index in [9.17, 15) is 23.1 Å². The van der Waals surface area contributed by atoms with Gasteiger partial charge in [-0.25, -0.2) is 4.98 Å². The minimum atomic E-state index is -4.47. The molecule has 0 radical (unpaired) electrons. The third-order valence-electron chi connectivity index (χ3n) is 3.79. The lowest BCUT2D eigenvalue weighted by atomic mass is 9.94. The maximum atomic E-state index is 12.6. The van der Waals surface area contributed by atoms with E-state index in [0.717, 1.165) is 11.1 Å². The number of rotatable bonds is 3. The van der Waals surface area contributed by atoms with E-state index in [1.165, 1.54) is 6.20 Å². The van der Waals surface area contributed by atoms with E-state index in [4.69, 9.17) is 0 Å². The number of aromatic nitrogens is 1. The van der Waals surface area contributed by atoms with Crippen LogP contribution in [-0.4, -0.2) is 27.0 Å². The average molecular weight is 342 g/mol. The maximum absolute atomic E-state index is 12.6. The summed E-state index contributed by atoms with van der Waals surface area (Å²) in [4.78, 5) is 17.0. The molecule has 0 saturated carbocycles. The number of alkyl halides is 3. The Labute approximate surface area is 134 Å². The number of benzene rings is 1. The van der Waals surface area contributed by atoms with Gasteiger partial charge in [-0.1, -0.05) is 24.3 Å². The molecule has 2 heterocycles. The largest absolute Gasteiger partial charge is 0.480 e. The normalized spacial score (nSPS) is 18.7. The molecule has 0 bridgehead atoms. The number of halogens is 3. The number of carbonyl (C=O) groups is 1. The average Bonchev–Trinajstić information content (AvgIpc) is 2.95. The van der Waals surface area contributed by atoms with Crippen molar-refractivity contribution in [3.63, 3.8) is 0 Å². The van der Waals surface area contributed by atoms with Crippen molar-refractivity contribution < 1.29 is 23.1 Å². The first-order chi connectivity index (χ1) is 10.8. The topological polar surface area (TPSA) is 53.4 Å². The minimum Gasteiger partial charge on any atom is -0.480 e. The van der Waals surface area contributed by atoms with E-state index in [2.05, 4.69) is 4.98 Å². The number of fused-ring (bicyclic) bond motifs is 1. The van der Waals surface area contributed by atoms with E-state index in [-0.39, 0.29) is 6.54 Å². The summed E-state index contributed by atoms with van der Waals surface area (Å²) in [7, 11) is 0. The first-order valence-corrected chi connectivity index (χ1v) is 7.72. The molecule has 1 atom stereocenters. The van der Waals surface area contributed by atoms with E-state index < -0.39 is 23.2 Å². The lowest BCUT2D eigenvalue weighted by Crippen LogP contribution is -2.44. The molecular formula is C15H13F3N2O2S. The highest BCUT2D eigenvalue weighted by Crippen LogP contribution is 2.33. The van der Waals surface area contributed by atoms with Gasteiger partial charge in [0, 0.05) is 24.2 Å². The van der Waals surface area contributed by atoms with Crippen molar-refractivity contribution in [3.05, 3.63) is 51.5 Å². The van der Waals surface area contributed by atoms with Crippen LogP contribution in [0.1, 0.15) is 21.0 Å². The molecule has 4 nitrogen and oxygen atoms in total. The third kappa shape index (κ3) is 3.37. The lowest BCUT2D eigenvalue weighted by Gasteiger charge is -2.33. The molecule has 2 aromatic rings. The Morgan fingerprint density at radius 2 is 2.04 bits per heavy atom. The van der Waals surface area contributed by atoms with Crippen LogP contribution in [0.15, 0.2) is 30.5 Å². The van der Waals surface area contributed by atoms with Gasteiger partial charge in [-0.3, -0.25) is 9.69 Å². The number of carboxylic acid groups (broad SMARTS) is 1. The Hall–Kier alpha value is -1.93. The van der Waals surface area contributed by atoms with Gasteiger partial charge >= 0.3 is 12.1 Å². The van der Waals surface area contributed by atoms with Crippen molar-refractivity contribution in [2.45, 2.75) is 31.7 Å². The van der Waals surface area contributed by atoms with E-state index >= 15 is 0 Å². The minimum absolute atomic E-state index is 0.138. The predicted octanol–water partition coefficient (Wildman–Crippen LogP) is 3.17. The quantitative estimate of drug-likeness (QED) is 0.931. The number of aliphatic carboxylic acids is 1. The number of nitrogens with zero attached hydrogens (tertiary/aromatic N) is 2. The summed E-state index contributed by atoms with van der Waals surface area (Å²) in [6.07, 6.45) is -2.95. The van der Waals surface area contributed by atoms with Crippen LogP contribution in [-0.2, 0) is 30.5 Å². The van der Waals surface area contributed by atoms with E-state index in [0.29, 0.717) is 29.2 Å². The van der Waals surface area contributed by atoms with Gasteiger partial charge in [0.05, 0.1) is 0 Å². The van der Waals surface area contributed by atoms with Gasteiger partial charge in [-0.2, -0.15) is 13.2 Å². The van der Waals surface area contributed by atoms with Crippen LogP contribution in [0.5, 0.6) is 0 Å². The van der Waals surface area contributed by atoms with Gasteiger partial charge in [0.15, 0.2) is 5.01 Å². The number of carboxylic acids is 1. The molecule has 1 unspecified atom stereocenters. The highest BCUT2D eigenvalue weighted by Gasteiger charge is 2.36. The van der Waals surface area contributed by atoms with Crippen LogP contribution in [0.3, 0.4) is 0 Å². The van der Waals surface area contributed by atoms with E-state index in [1.54, 1.807) is 4.90 Å². The number of hydrogen-bond donors (Lipinski definition) is 1. The van der Waals surface area contributed by atoms with Gasteiger partial charge in [0.2, 0.25) is 0 Å². The zero-order valence-electron chi connectivity index (χ0n) is 11.9. The van der Waals surface area contributed by atoms with Crippen molar-refractivity contribution in [1.29, 1.82) is 0 Å². The van der Waals surface area contributed by atoms with Crippen molar-refractivity contribution in [1.82, 2.24) is 9.88 Å². The lowest BCUT2D eigenvalue weighted by molar-refractivity contribution is -0.144. The van der Waals surface area contributed by atoms with Crippen LogP contribution in [0.2, 0.25) is 0 Å². The molecule has 0 aliphatic carbocycles. The first-order valence-electron chi connectivity index (χ1n) is 6.90. The smallest absolute Gasteiger partial charge is 0.443 e. The molecule has 1 aromatic carbocycles. The summed E-state index contributed by atoms with van der Waals surface area (Å²) < 4.78 is 37.9. The molecule has 0 saturated heterocycles. The fourth-order valence-electron chi connectivity index (χ4n) is 2.70. The second-order valence-electron chi connectivity index (χ2n) is 5.36. The van der Waals surface area contributed by atoms with Crippen molar-refractivity contribution in [2.75, 3.05) is 0 Å². The van der Waals surface area contributed by atoms with Crippen LogP contribution >= 0.6 is 11.3 Å². The molecule has 0 amide bonds. The fourth-order valence-corrected chi connectivity index (χ4v) is 3.50. The monoisotopic (exact) mass is 342 g/mol. The van der Waals surface area contributed by atoms with E-state index in [1.807, 2.05) is 24.3 Å². The zero-order chi connectivity index (χ0) is 16.6. The van der Waals surface area contributed by atoms with Gasteiger partial charge in [-0.15, -0.1) is 11.3 Å². The summed E-state index contributed by atoms with van der Waals surface area (Å²) >= 11 is 0.558. The van der Waals surface area contributed by atoms with Crippen molar-refractivity contribution in [2.24, 2.45) is 0 Å². The number of hydrogen-bond acceptors (Lipinski definition) is 4. The summed E-state index contributed by atoms with van der Waals surface area (Å²) in [5.41, 5.74) is 1.97. The SMILES string of the molecule is O=C(O)C1Cc2ccccc2CN1Cc1cnc(C(F)(F)F)s1. The summed E-state index contributed by atoms with van der Waals surface area (Å²) in [5, 5.41) is 8.51. The zero-order valence-corrected chi connectivity index (χ0v) is 12.7. The summed E-state index contributed by atoms with van der Waals surface area (Å²) in [6, 6.07) is 6.77. The molecule has 23 heavy (non-hydrogen) atoms. The van der Waals surface area contributed by atoms with Crippen LogP contribution in [0, 0.1) is 0 Å². The fraction of sp³-hybridized carbons (Fsp3) is 0.333. The predicted molar refractivity (Wildman–Crippen MR) is 77.9 cm³/mol. The molecule has 1 aromatic heterocycles. The summed E-state index contributed by atoms with van der Waals surface area (Å²) in [5.74, 6) is -0.972. The van der Waals surface area contributed by atoms with Crippen molar-refractivity contribution in [3.8, 4) is 0 Å². The standard InChI is InChI=1S/C15H13F3N2O2S/c16-15(17,18)14-19-6-11(23-14)8-20-7-10-4-2-1-3-9(10)5-12(20)13(21)22/h1-4,6,12H,5,7-8H2,(H,21,22). The van der Waals surface area contributed by atoms with Gasteiger partial charge in [-0.05, 0) is 17.5 Å². The molecule has 3 rings (SSSR count). The maximum Gasteiger partial charge on any atom is 0.443 e. The second-order valence-corrected chi connectivity index (χ2v) is 6.48. The van der Waals surface area contributed by atoms with Crippen LogP contribution < -0.4 is 0 Å². The third-order valence-corrected chi connectivity index (χ3v) is 4.81. The second kappa shape index (κ2) is 5.93. The van der Waals surface area contributed by atoms with Crippen LogP contribution in [0.4, 0.5) is 13.2 Å². The highest BCUT2D eigenvalue weighted by molar-refractivity contribution is 7.11. The Bertz CT molecular complexity index is 730. The van der Waals surface area contributed by atoms with Gasteiger partial charge in [0.25, 0.3) is 0 Å². The van der Waals surface area contributed by atoms with Gasteiger partial charge < -0.3 is 5.11 Å². The molecular weight excluding hydrogens is 329 g/mol. The molecule has 122 valence electrons. The molecule has 1 N–H and O–H groups in total. The Morgan fingerprint density at radius 3 is 2.65 bits per heavy atom. The van der Waals surface area contributed by atoms with Gasteiger partial charge in [0.1, 0.15) is 6.04 Å². The summed E-state index contributed by atoms with van der Waals surface area (Å²) in [6.45, 7) is 0.533. The van der Waals surface area contributed by atoms with Crippen LogP contribution in [0.25, 0.3) is 0 Å². The number of thiazole rings is 1. The Balaban J connectivity index is 1.83. The highest BCUT2D eigenvalue weighted by atomic mass is 32.1. The first kappa shape index (κ1) is 15.9. The molecule has 1 aliphatic heterocycles. The molecule has 1 aliphatic rings. The molecule has 0 spiro atoms. The molecule has 0 fully saturated rings. The Kier molecular flexibility index (Phi) is 4.11. The Morgan fingerprint density at radius 1 is 1.35 bits per heavy atom. The molecule has 8 heteroatoms. The van der Waals surface area contributed by atoms with Crippen molar-refractivity contribution >= 4 is 17.3 Å².